The molecule has 20 heavy (non-hydrogen) atoms. The number of halogens is 1. The van der Waals surface area contributed by atoms with Gasteiger partial charge in [0.2, 0.25) is 0 Å². The third kappa shape index (κ3) is 4.68. The molecular weight excluding hydrogens is 268 g/mol. The summed E-state index contributed by atoms with van der Waals surface area (Å²) in [6, 6.07) is 6.84. The summed E-state index contributed by atoms with van der Waals surface area (Å²) in [5, 5.41) is 0.838. The van der Waals surface area contributed by atoms with Crippen molar-refractivity contribution in [2.45, 2.75) is 65.5 Å². The van der Waals surface area contributed by atoms with Crippen LogP contribution in [0.4, 0.5) is 5.69 Å². The molecule has 2 atom stereocenters. The summed E-state index contributed by atoms with van der Waals surface area (Å²) >= 11 is 6.42. The van der Waals surface area contributed by atoms with Gasteiger partial charge in [-0.15, -0.1) is 0 Å². The van der Waals surface area contributed by atoms with Gasteiger partial charge in [-0.3, -0.25) is 0 Å². The lowest BCUT2D eigenvalue weighted by molar-refractivity contribution is 0.591. The van der Waals surface area contributed by atoms with E-state index in [4.69, 9.17) is 17.3 Å². The van der Waals surface area contributed by atoms with Gasteiger partial charge in [-0.05, 0) is 50.8 Å². The van der Waals surface area contributed by atoms with Crippen LogP contribution in [0.5, 0.6) is 0 Å². The number of anilines is 1. The van der Waals surface area contributed by atoms with Crippen LogP contribution >= 0.6 is 11.6 Å². The molecule has 0 radical (unpaired) electrons. The second-order valence-electron chi connectivity index (χ2n) is 5.72. The van der Waals surface area contributed by atoms with E-state index >= 15 is 0 Å². The summed E-state index contributed by atoms with van der Waals surface area (Å²) in [7, 11) is 0. The van der Waals surface area contributed by atoms with Crippen LogP contribution in [0.3, 0.4) is 0 Å². The van der Waals surface area contributed by atoms with Crippen LogP contribution in [0.25, 0.3) is 0 Å². The second kappa shape index (κ2) is 8.53. The summed E-state index contributed by atoms with van der Waals surface area (Å²) in [5.41, 5.74) is 8.45. The largest absolute Gasteiger partial charge is 0.369 e. The van der Waals surface area contributed by atoms with E-state index in [9.17, 15) is 0 Å². The number of hydrogen-bond acceptors (Lipinski definition) is 2. The average Bonchev–Trinajstić information content (AvgIpc) is 2.41. The first-order valence-corrected chi connectivity index (χ1v) is 8.18. The van der Waals surface area contributed by atoms with Crippen molar-refractivity contribution in [2.24, 2.45) is 5.73 Å². The van der Waals surface area contributed by atoms with Crippen molar-refractivity contribution in [1.29, 1.82) is 0 Å². The van der Waals surface area contributed by atoms with Crippen LogP contribution in [0.2, 0.25) is 5.02 Å². The smallest absolute Gasteiger partial charge is 0.0459 e. The molecule has 2 nitrogen and oxygen atoms in total. The number of hydrogen-bond donors (Lipinski definition) is 1. The summed E-state index contributed by atoms with van der Waals surface area (Å²) < 4.78 is 0. The Labute approximate surface area is 129 Å². The maximum atomic E-state index is 6.42. The van der Waals surface area contributed by atoms with Crippen molar-refractivity contribution in [2.75, 3.05) is 11.4 Å². The lowest BCUT2D eigenvalue weighted by atomic mass is 10.0. The second-order valence-corrected chi connectivity index (χ2v) is 6.13. The summed E-state index contributed by atoms with van der Waals surface area (Å²) in [4.78, 5) is 2.49. The van der Waals surface area contributed by atoms with Crippen molar-refractivity contribution >= 4 is 17.3 Å². The Morgan fingerprint density at radius 2 is 1.95 bits per heavy atom. The number of unbranched alkanes of at least 4 members (excludes halogenated alkanes) is 1. The van der Waals surface area contributed by atoms with Crippen LogP contribution in [0.1, 0.15) is 52.5 Å². The lowest BCUT2D eigenvalue weighted by Gasteiger charge is -2.33. The molecule has 1 rings (SSSR count). The zero-order valence-electron chi connectivity index (χ0n) is 13.3. The molecule has 1 aromatic carbocycles. The maximum absolute atomic E-state index is 6.42. The van der Waals surface area contributed by atoms with Crippen molar-refractivity contribution in [3.05, 3.63) is 28.8 Å². The maximum Gasteiger partial charge on any atom is 0.0459 e. The van der Waals surface area contributed by atoms with Gasteiger partial charge in [-0.2, -0.15) is 0 Å². The minimum atomic E-state index is 0.124. The molecule has 0 heterocycles. The molecule has 0 saturated carbocycles. The van der Waals surface area contributed by atoms with Gasteiger partial charge >= 0.3 is 0 Å². The van der Waals surface area contributed by atoms with E-state index in [1.54, 1.807) is 0 Å². The van der Waals surface area contributed by atoms with Gasteiger partial charge in [0.05, 0.1) is 0 Å². The SMILES string of the molecule is CCCCN(c1cccc(Cl)c1CC(C)N)C(C)CC. The Morgan fingerprint density at radius 3 is 2.50 bits per heavy atom. The van der Waals surface area contributed by atoms with Crippen LogP contribution in [0.15, 0.2) is 18.2 Å². The molecule has 0 aliphatic carbocycles. The molecule has 0 saturated heterocycles. The molecule has 1 aromatic rings. The highest BCUT2D eigenvalue weighted by atomic mass is 35.5. The molecule has 2 N–H and O–H groups in total. The minimum absolute atomic E-state index is 0.124. The summed E-state index contributed by atoms with van der Waals surface area (Å²) in [6.07, 6.45) is 4.37. The molecule has 0 aromatic heterocycles. The normalized spacial score (nSPS) is 14.1. The summed E-state index contributed by atoms with van der Waals surface area (Å²) in [5.74, 6) is 0. The molecule has 0 aliphatic rings. The van der Waals surface area contributed by atoms with E-state index in [0.717, 1.165) is 24.4 Å². The van der Waals surface area contributed by atoms with E-state index in [2.05, 4.69) is 31.7 Å². The molecule has 3 heteroatoms. The van der Waals surface area contributed by atoms with Crippen molar-refractivity contribution in [3.8, 4) is 0 Å². The Bertz CT molecular complexity index is 404. The van der Waals surface area contributed by atoms with Crippen molar-refractivity contribution in [3.63, 3.8) is 0 Å². The van der Waals surface area contributed by atoms with Gasteiger partial charge in [0, 0.05) is 29.3 Å². The van der Waals surface area contributed by atoms with E-state index in [1.807, 2.05) is 19.1 Å². The molecule has 0 fully saturated rings. The zero-order valence-corrected chi connectivity index (χ0v) is 14.1. The Morgan fingerprint density at radius 1 is 1.25 bits per heavy atom. The predicted octanol–water partition coefficient (Wildman–Crippen LogP) is 4.63. The van der Waals surface area contributed by atoms with Crippen LogP contribution in [-0.2, 0) is 6.42 Å². The number of nitrogens with zero attached hydrogens (tertiary/aromatic N) is 1. The Kier molecular flexibility index (Phi) is 7.39. The first-order valence-electron chi connectivity index (χ1n) is 7.80. The zero-order chi connectivity index (χ0) is 15.1. The van der Waals surface area contributed by atoms with Crippen molar-refractivity contribution in [1.82, 2.24) is 0 Å². The Hall–Kier alpha value is -0.730. The van der Waals surface area contributed by atoms with Gasteiger partial charge in [-0.25, -0.2) is 0 Å². The Balaban J connectivity index is 3.13. The van der Waals surface area contributed by atoms with E-state index in [1.165, 1.54) is 24.1 Å². The minimum Gasteiger partial charge on any atom is -0.369 e. The highest BCUT2D eigenvalue weighted by Crippen LogP contribution is 2.30. The van der Waals surface area contributed by atoms with E-state index in [-0.39, 0.29) is 6.04 Å². The van der Waals surface area contributed by atoms with E-state index < -0.39 is 0 Å². The molecule has 0 bridgehead atoms. The average molecular weight is 297 g/mol. The fourth-order valence-electron chi connectivity index (χ4n) is 2.47. The highest BCUT2D eigenvalue weighted by molar-refractivity contribution is 6.31. The standard InChI is InChI=1S/C17H29ClN2/c1-5-7-11-20(14(4)6-2)17-10-8-9-16(18)15(17)12-13(3)19/h8-10,13-14H,5-7,11-12,19H2,1-4H3. The number of benzene rings is 1. The van der Waals surface area contributed by atoms with Crippen LogP contribution in [0, 0.1) is 0 Å². The predicted molar refractivity (Wildman–Crippen MR) is 90.8 cm³/mol. The van der Waals surface area contributed by atoms with Gasteiger partial charge < -0.3 is 10.6 Å². The number of rotatable bonds is 8. The van der Waals surface area contributed by atoms with Crippen molar-refractivity contribution < 1.29 is 0 Å². The third-order valence-electron chi connectivity index (χ3n) is 3.81. The first kappa shape index (κ1) is 17.3. The lowest BCUT2D eigenvalue weighted by Crippen LogP contribution is -2.35. The van der Waals surface area contributed by atoms with Gasteiger partial charge in [0.15, 0.2) is 0 Å². The van der Waals surface area contributed by atoms with Gasteiger partial charge in [0.25, 0.3) is 0 Å². The fraction of sp³-hybridized carbons (Fsp3) is 0.647. The molecule has 0 amide bonds. The van der Waals surface area contributed by atoms with E-state index in [0.29, 0.717) is 6.04 Å². The monoisotopic (exact) mass is 296 g/mol. The molecule has 114 valence electrons. The van der Waals surface area contributed by atoms with Gasteiger partial charge in [0.1, 0.15) is 0 Å². The van der Waals surface area contributed by atoms with Crippen LogP contribution in [-0.4, -0.2) is 18.6 Å². The summed E-state index contributed by atoms with van der Waals surface area (Å²) in [6.45, 7) is 9.87. The molecule has 2 unspecified atom stereocenters. The first-order chi connectivity index (χ1) is 9.51. The van der Waals surface area contributed by atoms with Crippen LogP contribution < -0.4 is 10.6 Å². The molecule has 0 spiro atoms. The molecule has 0 aliphatic heterocycles. The number of nitrogens with two attached hydrogens (primary N) is 1. The quantitative estimate of drug-likeness (QED) is 0.757. The topological polar surface area (TPSA) is 29.3 Å². The fourth-order valence-corrected chi connectivity index (χ4v) is 2.71. The molecular formula is C17H29ClN2. The van der Waals surface area contributed by atoms with Gasteiger partial charge in [-0.1, -0.05) is 37.9 Å². The third-order valence-corrected chi connectivity index (χ3v) is 4.16. The highest BCUT2D eigenvalue weighted by Gasteiger charge is 2.18.